The topological polar surface area (TPSA) is 72.2 Å². The van der Waals surface area contributed by atoms with Crippen molar-refractivity contribution in [2.24, 2.45) is 5.73 Å². The normalized spacial score (nSPS) is 11.4. The molecule has 0 heterocycles. The van der Waals surface area contributed by atoms with E-state index in [1.54, 1.807) is 18.2 Å². The molecule has 0 aliphatic rings. The first-order valence-corrected chi connectivity index (χ1v) is 8.21. The molecule has 0 aromatic heterocycles. The van der Waals surface area contributed by atoms with Crippen LogP contribution in [0.5, 0.6) is 0 Å². The van der Waals surface area contributed by atoms with E-state index in [9.17, 15) is 8.42 Å². The standard InChI is InChI=1S/C16H20N2O2S/c1-11-6-12(2)8-15(7-11)18-21(19,20)16-5-4-13(3)14(9-16)10-17/h4-9,18H,10,17H2,1-3H3. The molecule has 0 amide bonds. The van der Waals surface area contributed by atoms with Crippen molar-refractivity contribution in [2.75, 3.05) is 4.72 Å². The Balaban J connectivity index is 2.38. The predicted molar refractivity (Wildman–Crippen MR) is 85.8 cm³/mol. The minimum atomic E-state index is -3.60. The zero-order valence-electron chi connectivity index (χ0n) is 12.5. The third-order valence-electron chi connectivity index (χ3n) is 3.32. The van der Waals surface area contributed by atoms with Crippen molar-refractivity contribution >= 4 is 15.7 Å². The average molecular weight is 304 g/mol. The molecule has 4 nitrogen and oxygen atoms in total. The van der Waals surface area contributed by atoms with Crippen molar-refractivity contribution in [3.05, 3.63) is 58.7 Å². The lowest BCUT2D eigenvalue weighted by Gasteiger charge is -2.11. The summed E-state index contributed by atoms with van der Waals surface area (Å²) in [5, 5.41) is 0. The van der Waals surface area contributed by atoms with E-state index in [1.807, 2.05) is 39.0 Å². The second-order valence-electron chi connectivity index (χ2n) is 5.27. The van der Waals surface area contributed by atoms with Gasteiger partial charge in [-0.05, 0) is 67.3 Å². The number of anilines is 1. The van der Waals surface area contributed by atoms with Gasteiger partial charge >= 0.3 is 0 Å². The van der Waals surface area contributed by atoms with E-state index in [2.05, 4.69) is 4.72 Å². The maximum atomic E-state index is 12.5. The smallest absolute Gasteiger partial charge is 0.261 e. The Morgan fingerprint density at radius 1 is 1.00 bits per heavy atom. The third-order valence-corrected chi connectivity index (χ3v) is 4.70. The van der Waals surface area contributed by atoms with E-state index in [4.69, 9.17) is 5.73 Å². The zero-order chi connectivity index (χ0) is 15.6. The number of hydrogen-bond donors (Lipinski definition) is 2. The van der Waals surface area contributed by atoms with E-state index >= 15 is 0 Å². The van der Waals surface area contributed by atoms with Gasteiger partial charge in [0.25, 0.3) is 10.0 Å². The summed E-state index contributed by atoms with van der Waals surface area (Å²) in [7, 11) is -3.60. The van der Waals surface area contributed by atoms with Crippen LogP contribution in [-0.4, -0.2) is 8.42 Å². The summed E-state index contributed by atoms with van der Waals surface area (Å²) in [6.07, 6.45) is 0. The minimum absolute atomic E-state index is 0.229. The van der Waals surface area contributed by atoms with Crippen molar-refractivity contribution in [1.82, 2.24) is 0 Å². The molecule has 3 N–H and O–H groups in total. The molecule has 0 fully saturated rings. The molecular weight excluding hydrogens is 284 g/mol. The maximum absolute atomic E-state index is 12.5. The van der Waals surface area contributed by atoms with Crippen LogP contribution in [0.25, 0.3) is 0 Å². The number of rotatable bonds is 4. The number of benzene rings is 2. The molecule has 2 aromatic carbocycles. The molecule has 21 heavy (non-hydrogen) atoms. The SMILES string of the molecule is Cc1cc(C)cc(NS(=O)(=O)c2ccc(C)c(CN)c2)c1. The lowest BCUT2D eigenvalue weighted by molar-refractivity contribution is 0.601. The molecule has 0 saturated carbocycles. The van der Waals surface area contributed by atoms with E-state index in [1.165, 1.54) is 0 Å². The highest BCUT2D eigenvalue weighted by atomic mass is 32.2. The van der Waals surface area contributed by atoms with Crippen LogP contribution in [0.3, 0.4) is 0 Å². The monoisotopic (exact) mass is 304 g/mol. The molecular formula is C16H20N2O2S. The van der Waals surface area contributed by atoms with Crippen LogP contribution in [-0.2, 0) is 16.6 Å². The highest BCUT2D eigenvalue weighted by Gasteiger charge is 2.15. The lowest BCUT2D eigenvalue weighted by atomic mass is 10.1. The largest absolute Gasteiger partial charge is 0.326 e. The second kappa shape index (κ2) is 5.87. The summed E-state index contributed by atoms with van der Waals surface area (Å²) in [6, 6.07) is 10.6. The number of aryl methyl sites for hydroxylation is 3. The van der Waals surface area contributed by atoms with Crippen LogP contribution >= 0.6 is 0 Å². The van der Waals surface area contributed by atoms with E-state index in [-0.39, 0.29) is 4.90 Å². The number of nitrogens with one attached hydrogen (secondary N) is 1. The lowest BCUT2D eigenvalue weighted by Crippen LogP contribution is -2.14. The molecule has 0 bridgehead atoms. The zero-order valence-corrected chi connectivity index (χ0v) is 13.3. The Morgan fingerprint density at radius 3 is 2.19 bits per heavy atom. The van der Waals surface area contributed by atoms with Gasteiger partial charge in [-0.15, -0.1) is 0 Å². The highest BCUT2D eigenvalue weighted by Crippen LogP contribution is 2.20. The molecule has 0 saturated heterocycles. The Labute approximate surface area is 126 Å². The Morgan fingerprint density at radius 2 is 1.62 bits per heavy atom. The molecule has 0 atom stereocenters. The molecule has 112 valence electrons. The Bertz CT molecular complexity index is 748. The fourth-order valence-electron chi connectivity index (χ4n) is 2.28. The molecule has 0 aliphatic carbocycles. The number of sulfonamides is 1. The van der Waals surface area contributed by atoms with Gasteiger partial charge in [0.1, 0.15) is 0 Å². The Kier molecular flexibility index (Phi) is 4.34. The summed E-state index contributed by atoms with van der Waals surface area (Å²) in [5.74, 6) is 0. The van der Waals surface area contributed by atoms with Crippen LogP contribution in [0.1, 0.15) is 22.3 Å². The molecule has 0 unspecified atom stereocenters. The van der Waals surface area contributed by atoms with Gasteiger partial charge in [0.15, 0.2) is 0 Å². The summed E-state index contributed by atoms with van der Waals surface area (Å²) < 4.78 is 27.5. The summed E-state index contributed by atoms with van der Waals surface area (Å²) in [4.78, 5) is 0.229. The Hall–Kier alpha value is -1.85. The average Bonchev–Trinajstić information content (AvgIpc) is 2.37. The fourth-order valence-corrected chi connectivity index (χ4v) is 3.37. The molecule has 0 aliphatic heterocycles. The van der Waals surface area contributed by atoms with Crippen molar-refractivity contribution in [3.63, 3.8) is 0 Å². The molecule has 5 heteroatoms. The van der Waals surface area contributed by atoms with Crippen LogP contribution in [0.2, 0.25) is 0 Å². The first-order chi connectivity index (χ1) is 9.81. The third kappa shape index (κ3) is 3.62. The fraction of sp³-hybridized carbons (Fsp3) is 0.250. The summed E-state index contributed by atoms with van der Waals surface area (Å²) in [5.41, 5.74) is 10.1. The van der Waals surface area contributed by atoms with Crippen molar-refractivity contribution in [1.29, 1.82) is 0 Å². The molecule has 2 rings (SSSR count). The van der Waals surface area contributed by atoms with Crippen molar-refractivity contribution in [2.45, 2.75) is 32.2 Å². The number of nitrogens with two attached hydrogens (primary N) is 1. The second-order valence-corrected chi connectivity index (χ2v) is 6.96. The van der Waals surface area contributed by atoms with Crippen molar-refractivity contribution in [3.8, 4) is 0 Å². The van der Waals surface area contributed by atoms with Gasteiger partial charge in [-0.25, -0.2) is 8.42 Å². The van der Waals surface area contributed by atoms with Gasteiger partial charge in [0.2, 0.25) is 0 Å². The molecule has 2 aromatic rings. The van der Waals surface area contributed by atoms with Crippen LogP contribution < -0.4 is 10.5 Å². The van der Waals surface area contributed by atoms with E-state index < -0.39 is 10.0 Å². The quantitative estimate of drug-likeness (QED) is 0.912. The van der Waals surface area contributed by atoms with Gasteiger partial charge < -0.3 is 5.73 Å². The van der Waals surface area contributed by atoms with Gasteiger partial charge in [0, 0.05) is 12.2 Å². The molecule has 0 spiro atoms. The van der Waals surface area contributed by atoms with Crippen LogP contribution in [0, 0.1) is 20.8 Å². The molecule has 0 radical (unpaired) electrons. The predicted octanol–water partition coefficient (Wildman–Crippen LogP) is 2.87. The maximum Gasteiger partial charge on any atom is 0.261 e. The number of hydrogen-bond acceptors (Lipinski definition) is 3. The summed E-state index contributed by atoms with van der Waals surface area (Å²) >= 11 is 0. The first-order valence-electron chi connectivity index (χ1n) is 6.72. The van der Waals surface area contributed by atoms with Gasteiger partial charge in [-0.2, -0.15) is 0 Å². The first kappa shape index (κ1) is 15.5. The van der Waals surface area contributed by atoms with Crippen molar-refractivity contribution < 1.29 is 8.42 Å². The van der Waals surface area contributed by atoms with Gasteiger partial charge in [-0.1, -0.05) is 12.1 Å². The van der Waals surface area contributed by atoms with Gasteiger partial charge in [-0.3, -0.25) is 4.72 Å². The minimum Gasteiger partial charge on any atom is -0.326 e. The van der Waals surface area contributed by atoms with Crippen LogP contribution in [0.15, 0.2) is 41.3 Å². The van der Waals surface area contributed by atoms with Crippen LogP contribution in [0.4, 0.5) is 5.69 Å². The van der Waals surface area contributed by atoms with E-state index in [0.717, 1.165) is 22.3 Å². The summed E-state index contributed by atoms with van der Waals surface area (Å²) in [6.45, 7) is 6.10. The van der Waals surface area contributed by atoms with Gasteiger partial charge in [0.05, 0.1) is 4.90 Å². The van der Waals surface area contributed by atoms with E-state index in [0.29, 0.717) is 12.2 Å². The highest BCUT2D eigenvalue weighted by molar-refractivity contribution is 7.92.